The maximum Gasteiger partial charge on any atom is 0.269 e. The van der Waals surface area contributed by atoms with Crippen molar-refractivity contribution >= 4 is 17.3 Å². The highest BCUT2D eigenvalue weighted by Crippen LogP contribution is 2.15. The molecular formula is C19H30N4O4. The first-order valence-electron chi connectivity index (χ1n) is 9.53. The second-order valence-electron chi connectivity index (χ2n) is 7.28. The molecule has 27 heavy (non-hydrogen) atoms. The van der Waals surface area contributed by atoms with Gasteiger partial charge < -0.3 is 15.4 Å². The van der Waals surface area contributed by atoms with E-state index in [-0.39, 0.29) is 17.7 Å². The number of hydrogen-bond acceptors (Lipinski definition) is 6. The van der Waals surface area contributed by atoms with Crippen molar-refractivity contribution in [3.63, 3.8) is 0 Å². The summed E-state index contributed by atoms with van der Waals surface area (Å²) in [7, 11) is 0. The molecular weight excluding hydrogens is 348 g/mol. The molecule has 1 aliphatic heterocycles. The van der Waals surface area contributed by atoms with Gasteiger partial charge in [0.25, 0.3) is 5.69 Å². The van der Waals surface area contributed by atoms with E-state index in [1.165, 1.54) is 12.1 Å². The first-order valence-corrected chi connectivity index (χ1v) is 9.53. The minimum Gasteiger partial charge on any atom is -0.385 e. The van der Waals surface area contributed by atoms with Crippen LogP contribution in [0.15, 0.2) is 24.3 Å². The standard InChI is InChI=1S/C19H30N4O4/c1-15(2)13-22-10-11-27-18(14-22)12-21-19(24)4-3-9-20-16-5-7-17(8-6-16)23(25)26/h5-8,15,18,20H,3-4,9-14H2,1-2H3,(H,21,24). The van der Waals surface area contributed by atoms with E-state index in [1.54, 1.807) is 12.1 Å². The Kier molecular flexibility index (Phi) is 8.47. The molecule has 1 fully saturated rings. The van der Waals surface area contributed by atoms with E-state index in [1.807, 2.05) is 0 Å². The Bertz CT molecular complexity index is 606. The van der Waals surface area contributed by atoms with Gasteiger partial charge in [0.1, 0.15) is 0 Å². The Hall–Kier alpha value is -2.19. The molecule has 1 amide bonds. The van der Waals surface area contributed by atoms with Gasteiger partial charge in [-0.2, -0.15) is 0 Å². The van der Waals surface area contributed by atoms with Crippen molar-refractivity contribution in [2.45, 2.75) is 32.8 Å². The average molecular weight is 378 g/mol. The molecule has 1 unspecified atom stereocenters. The third-order valence-electron chi connectivity index (χ3n) is 4.36. The molecule has 1 saturated heterocycles. The zero-order valence-corrected chi connectivity index (χ0v) is 16.1. The lowest BCUT2D eigenvalue weighted by Gasteiger charge is -2.33. The Morgan fingerprint density at radius 2 is 2.11 bits per heavy atom. The number of nitro benzene ring substituents is 1. The van der Waals surface area contributed by atoms with Crippen molar-refractivity contribution in [3.8, 4) is 0 Å². The summed E-state index contributed by atoms with van der Waals surface area (Å²) in [5, 5.41) is 16.7. The molecule has 8 heteroatoms. The highest BCUT2D eigenvalue weighted by Gasteiger charge is 2.21. The highest BCUT2D eigenvalue weighted by molar-refractivity contribution is 5.75. The van der Waals surface area contributed by atoms with Gasteiger partial charge in [0.15, 0.2) is 0 Å². The molecule has 1 atom stereocenters. The van der Waals surface area contributed by atoms with Crippen LogP contribution < -0.4 is 10.6 Å². The minimum atomic E-state index is -0.424. The van der Waals surface area contributed by atoms with Gasteiger partial charge in [0.05, 0.1) is 17.6 Å². The summed E-state index contributed by atoms with van der Waals surface area (Å²) in [5.74, 6) is 0.645. The molecule has 2 rings (SSSR count). The number of carbonyl (C=O) groups is 1. The van der Waals surface area contributed by atoms with Crippen LogP contribution in [0.3, 0.4) is 0 Å². The molecule has 0 radical (unpaired) electrons. The van der Waals surface area contributed by atoms with E-state index in [2.05, 4.69) is 29.4 Å². The molecule has 2 N–H and O–H groups in total. The molecule has 8 nitrogen and oxygen atoms in total. The number of morpholine rings is 1. The summed E-state index contributed by atoms with van der Waals surface area (Å²) in [6.07, 6.45) is 1.18. The minimum absolute atomic E-state index is 0.0186. The zero-order chi connectivity index (χ0) is 19.6. The van der Waals surface area contributed by atoms with Gasteiger partial charge in [0, 0.05) is 57.0 Å². The maximum absolute atomic E-state index is 12.0. The van der Waals surface area contributed by atoms with Crippen molar-refractivity contribution in [1.82, 2.24) is 10.2 Å². The summed E-state index contributed by atoms with van der Waals surface area (Å²) in [4.78, 5) is 24.6. The smallest absolute Gasteiger partial charge is 0.269 e. The van der Waals surface area contributed by atoms with E-state index in [0.717, 1.165) is 25.3 Å². The van der Waals surface area contributed by atoms with Crippen molar-refractivity contribution in [2.24, 2.45) is 5.92 Å². The Morgan fingerprint density at radius 1 is 1.37 bits per heavy atom. The zero-order valence-electron chi connectivity index (χ0n) is 16.1. The van der Waals surface area contributed by atoms with Crippen molar-refractivity contribution in [3.05, 3.63) is 34.4 Å². The van der Waals surface area contributed by atoms with Gasteiger partial charge in [-0.1, -0.05) is 13.8 Å². The van der Waals surface area contributed by atoms with Crippen LogP contribution in [0, 0.1) is 16.0 Å². The molecule has 1 aromatic rings. The molecule has 150 valence electrons. The SMILES string of the molecule is CC(C)CN1CCOC(CNC(=O)CCCNc2ccc([N+](=O)[O-])cc2)C1. The van der Waals surface area contributed by atoms with Gasteiger partial charge in [0.2, 0.25) is 5.91 Å². The second kappa shape index (κ2) is 10.8. The van der Waals surface area contributed by atoms with Gasteiger partial charge in [-0.05, 0) is 24.5 Å². The summed E-state index contributed by atoms with van der Waals surface area (Å²) in [6.45, 7) is 9.18. The lowest BCUT2D eigenvalue weighted by atomic mass is 10.2. The Labute approximate surface area is 160 Å². The third kappa shape index (κ3) is 7.92. The van der Waals surface area contributed by atoms with Crippen LogP contribution in [0.2, 0.25) is 0 Å². The van der Waals surface area contributed by atoms with Crippen LogP contribution in [0.25, 0.3) is 0 Å². The van der Waals surface area contributed by atoms with Crippen molar-refractivity contribution < 1.29 is 14.5 Å². The van der Waals surface area contributed by atoms with E-state index < -0.39 is 4.92 Å². The van der Waals surface area contributed by atoms with Crippen LogP contribution in [0.4, 0.5) is 11.4 Å². The number of ether oxygens (including phenoxy) is 1. The van der Waals surface area contributed by atoms with Crippen molar-refractivity contribution in [2.75, 3.05) is 44.6 Å². The predicted molar refractivity (Wildman–Crippen MR) is 105 cm³/mol. The van der Waals surface area contributed by atoms with Gasteiger partial charge in [-0.25, -0.2) is 0 Å². The number of nitrogens with zero attached hydrogens (tertiary/aromatic N) is 2. The van der Waals surface area contributed by atoms with Crippen LogP contribution in [0.5, 0.6) is 0 Å². The molecule has 0 aliphatic carbocycles. The van der Waals surface area contributed by atoms with Crippen LogP contribution >= 0.6 is 0 Å². The lowest BCUT2D eigenvalue weighted by molar-refractivity contribution is -0.384. The molecule has 0 bridgehead atoms. The Morgan fingerprint density at radius 3 is 2.78 bits per heavy atom. The first-order chi connectivity index (χ1) is 12.9. The quantitative estimate of drug-likeness (QED) is 0.368. The third-order valence-corrected chi connectivity index (χ3v) is 4.36. The second-order valence-corrected chi connectivity index (χ2v) is 7.28. The summed E-state index contributed by atoms with van der Waals surface area (Å²) in [6, 6.07) is 6.26. The molecule has 0 aromatic heterocycles. The number of rotatable bonds is 10. The number of nitrogens with one attached hydrogen (secondary N) is 2. The molecule has 1 heterocycles. The number of amides is 1. The van der Waals surface area contributed by atoms with Crippen LogP contribution in [-0.2, 0) is 9.53 Å². The van der Waals surface area contributed by atoms with Gasteiger partial charge in [-0.3, -0.25) is 19.8 Å². The normalized spacial score (nSPS) is 17.7. The first kappa shape index (κ1) is 21.1. The van der Waals surface area contributed by atoms with E-state index in [0.29, 0.717) is 38.5 Å². The fourth-order valence-corrected chi connectivity index (χ4v) is 3.08. The maximum atomic E-state index is 12.0. The highest BCUT2D eigenvalue weighted by atomic mass is 16.6. The Balaban J connectivity index is 1.58. The largest absolute Gasteiger partial charge is 0.385 e. The number of carbonyl (C=O) groups excluding carboxylic acids is 1. The fourth-order valence-electron chi connectivity index (χ4n) is 3.08. The topological polar surface area (TPSA) is 96.7 Å². The number of benzene rings is 1. The number of non-ortho nitro benzene ring substituents is 1. The fraction of sp³-hybridized carbons (Fsp3) is 0.632. The lowest BCUT2D eigenvalue weighted by Crippen LogP contribution is -2.48. The predicted octanol–water partition coefficient (Wildman–Crippen LogP) is 2.26. The molecule has 1 aromatic carbocycles. The number of anilines is 1. The number of hydrogen-bond donors (Lipinski definition) is 2. The average Bonchev–Trinajstić information content (AvgIpc) is 2.64. The number of nitro groups is 1. The van der Waals surface area contributed by atoms with Crippen molar-refractivity contribution in [1.29, 1.82) is 0 Å². The molecule has 0 spiro atoms. The molecule has 0 saturated carbocycles. The van der Waals surface area contributed by atoms with E-state index in [9.17, 15) is 14.9 Å². The molecule has 1 aliphatic rings. The summed E-state index contributed by atoms with van der Waals surface area (Å²) < 4.78 is 5.73. The van der Waals surface area contributed by atoms with Gasteiger partial charge in [-0.15, -0.1) is 0 Å². The van der Waals surface area contributed by atoms with E-state index in [4.69, 9.17) is 4.74 Å². The summed E-state index contributed by atoms with van der Waals surface area (Å²) >= 11 is 0. The van der Waals surface area contributed by atoms with Gasteiger partial charge >= 0.3 is 0 Å². The monoisotopic (exact) mass is 378 g/mol. The van der Waals surface area contributed by atoms with Crippen LogP contribution in [-0.4, -0.2) is 61.2 Å². The van der Waals surface area contributed by atoms with Crippen LogP contribution in [0.1, 0.15) is 26.7 Å². The summed E-state index contributed by atoms with van der Waals surface area (Å²) in [5.41, 5.74) is 0.874. The van der Waals surface area contributed by atoms with E-state index >= 15 is 0 Å².